The maximum Gasteiger partial charge on any atom is 0.326 e. The van der Waals surface area contributed by atoms with E-state index in [0.29, 0.717) is 19.3 Å². The van der Waals surface area contributed by atoms with Crippen molar-refractivity contribution in [1.29, 1.82) is 0 Å². The van der Waals surface area contributed by atoms with E-state index in [2.05, 4.69) is 10.0 Å². The summed E-state index contributed by atoms with van der Waals surface area (Å²) in [6.07, 6.45) is 4.92. The number of benzene rings is 1. The number of esters is 1. The average molecular weight is 651 g/mol. The van der Waals surface area contributed by atoms with Crippen LogP contribution < -0.4 is 15.2 Å². The van der Waals surface area contributed by atoms with Crippen LogP contribution >= 0.6 is 11.6 Å². The molecule has 1 amide bonds. The zero-order valence-electron chi connectivity index (χ0n) is 23.6. The van der Waals surface area contributed by atoms with Crippen molar-refractivity contribution in [3.05, 3.63) is 23.2 Å². The minimum absolute atomic E-state index is 0.0170. The van der Waals surface area contributed by atoms with E-state index in [9.17, 15) is 36.3 Å². The zero-order valence-corrected chi connectivity index (χ0v) is 26.0. The SMILES string of the molecule is CCOC(=O)[C@H](CCCCNS(=O)(=O)c1ccc(Cl)c(S(N)(=O)=O)c1)N[C@@H](C)C(=O)N1[C@@H]2CCCC[C@@H]2C[C@H]1C(=O)O. The summed E-state index contributed by atoms with van der Waals surface area (Å²) in [4.78, 5) is 38.8. The van der Waals surface area contributed by atoms with Crippen molar-refractivity contribution in [2.45, 2.75) is 99.2 Å². The van der Waals surface area contributed by atoms with Crippen LogP contribution in [0.3, 0.4) is 0 Å². The fourth-order valence-corrected chi connectivity index (χ4v) is 7.98. The summed E-state index contributed by atoms with van der Waals surface area (Å²) < 4.78 is 56.3. The quantitative estimate of drug-likeness (QED) is 0.169. The number of aliphatic carboxylic acids is 1. The fraction of sp³-hybridized carbons (Fsp3) is 0.654. The number of carbonyl (C=O) groups excluding carboxylic acids is 2. The molecule has 1 heterocycles. The van der Waals surface area contributed by atoms with Crippen molar-refractivity contribution in [3.63, 3.8) is 0 Å². The molecule has 2 aliphatic rings. The van der Waals surface area contributed by atoms with Crippen molar-refractivity contribution in [2.24, 2.45) is 11.1 Å². The molecule has 3 rings (SSSR count). The molecule has 0 aromatic heterocycles. The van der Waals surface area contributed by atoms with Gasteiger partial charge in [-0.15, -0.1) is 0 Å². The summed E-state index contributed by atoms with van der Waals surface area (Å²) in [5, 5.41) is 17.7. The number of likely N-dealkylation sites (tertiary alicyclic amines) is 1. The van der Waals surface area contributed by atoms with Gasteiger partial charge in [-0.1, -0.05) is 24.4 Å². The normalized spacial score (nSPS) is 22.3. The largest absolute Gasteiger partial charge is 0.480 e. The van der Waals surface area contributed by atoms with Crippen LogP contribution in [0.15, 0.2) is 28.0 Å². The average Bonchev–Trinajstić information content (AvgIpc) is 3.31. The molecule has 2 fully saturated rings. The number of hydrogen-bond donors (Lipinski definition) is 4. The van der Waals surface area contributed by atoms with Gasteiger partial charge in [0.15, 0.2) is 0 Å². The second-order valence-corrected chi connectivity index (χ2v) is 14.4. The van der Waals surface area contributed by atoms with Crippen molar-refractivity contribution in [1.82, 2.24) is 14.9 Å². The first-order valence-electron chi connectivity index (χ1n) is 14.0. The third kappa shape index (κ3) is 8.41. The number of hydrogen-bond acceptors (Lipinski definition) is 9. The van der Waals surface area contributed by atoms with Crippen molar-refractivity contribution in [2.75, 3.05) is 13.2 Å². The molecule has 0 spiro atoms. The molecule has 5 atom stereocenters. The third-order valence-electron chi connectivity index (χ3n) is 7.75. The Morgan fingerprint density at radius 1 is 1.17 bits per heavy atom. The van der Waals surface area contributed by atoms with Crippen LogP contribution in [0, 0.1) is 5.92 Å². The minimum atomic E-state index is -4.23. The number of carboxylic acids is 1. The molecule has 0 unspecified atom stereocenters. The van der Waals surface area contributed by atoms with E-state index < -0.39 is 55.0 Å². The van der Waals surface area contributed by atoms with Gasteiger partial charge >= 0.3 is 11.9 Å². The van der Waals surface area contributed by atoms with Crippen molar-refractivity contribution < 1.29 is 41.1 Å². The van der Waals surface area contributed by atoms with Crippen LogP contribution in [0.2, 0.25) is 5.02 Å². The van der Waals surface area contributed by atoms with E-state index in [1.165, 1.54) is 4.90 Å². The number of carboxylic acid groups (broad SMARTS) is 1. The van der Waals surface area contributed by atoms with Crippen LogP contribution in [-0.2, 0) is 39.2 Å². The van der Waals surface area contributed by atoms with E-state index >= 15 is 0 Å². The summed E-state index contributed by atoms with van der Waals surface area (Å²) >= 11 is 5.83. The van der Waals surface area contributed by atoms with Crippen molar-refractivity contribution >= 4 is 49.5 Å². The molecule has 1 aliphatic carbocycles. The number of unbranched alkanes of at least 4 members (excludes halogenated alkanes) is 1. The molecule has 16 heteroatoms. The highest BCUT2D eigenvalue weighted by molar-refractivity contribution is 7.90. The molecule has 5 N–H and O–H groups in total. The summed E-state index contributed by atoms with van der Waals surface area (Å²) in [5.41, 5.74) is 0. The highest BCUT2D eigenvalue weighted by Crippen LogP contribution is 2.40. The van der Waals surface area contributed by atoms with Crippen LogP contribution in [-0.4, -0.2) is 82.0 Å². The molecule has 1 aliphatic heterocycles. The Hall–Kier alpha value is -2.30. The number of ether oxygens (including phenoxy) is 1. The van der Waals surface area contributed by atoms with E-state index in [-0.39, 0.29) is 47.4 Å². The Bertz CT molecular complexity index is 1370. The number of primary sulfonamides is 1. The molecule has 13 nitrogen and oxygen atoms in total. The molecular formula is C26H39ClN4O9S2. The number of nitrogens with two attached hydrogens (primary N) is 1. The Morgan fingerprint density at radius 3 is 2.50 bits per heavy atom. The van der Waals surface area contributed by atoms with E-state index in [1.54, 1.807) is 13.8 Å². The van der Waals surface area contributed by atoms with Gasteiger partial charge in [-0.05, 0) is 76.5 Å². The molecule has 1 aromatic rings. The molecule has 0 bridgehead atoms. The fourth-order valence-electron chi connectivity index (χ4n) is 5.74. The van der Waals surface area contributed by atoms with Crippen molar-refractivity contribution in [3.8, 4) is 0 Å². The lowest BCUT2D eigenvalue weighted by atomic mass is 9.84. The van der Waals surface area contributed by atoms with Gasteiger partial charge in [-0.3, -0.25) is 14.9 Å². The Kier molecular flexibility index (Phi) is 11.8. The number of fused-ring (bicyclic) bond motifs is 1. The summed E-state index contributed by atoms with van der Waals surface area (Å²) in [6.45, 7) is 3.36. The second kappa shape index (κ2) is 14.4. The number of sulfonamides is 2. The lowest BCUT2D eigenvalue weighted by Crippen LogP contribution is -2.55. The minimum Gasteiger partial charge on any atom is -0.480 e. The standard InChI is InChI=1S/C26H39ClN4O9S2/c1-3-40-26(35)20(30-16(2)24(32)31-21-10-5-4-8-17(21)14-22(31)25(33)34)9-6-7-13-29-42(38,39)18-11-12-19(27)23(15-18)41(28,36)37/h11-12,15-17,20-22,29-30H,3-10,13-14H2,1-2H3,(H,33,34)(H2,28,36,37)/t16-,17+,20-,21+,22-/m0/s1. The van der Waals surface area contributed by atoms with Gasteiger partial charge in [0.1, 0.15) is 17.0 Å². The first-order chi connectivity index (χ1) is 19.7. The maximum atomic E-state index is 13.5. The van der Waals surface area contributed by atoms with Gasteiger partial charge in [-0.25, -0.2) is 31.5 Å². The number of halogens is 1. The number of nitrogens with zero attached hydrogens (tertiary/aromatic N) is 1. The Balaban J connectivity index is 1.60. The van der Waals surface area contributed by atoms with Crippen LogP contribution in [0.25, 0.3) is 0 Å². The van der Waals surface area contributed by atoms with Gasteiger partial charge in [0.05, 0.1) is 22.6 Å². The lowest BCUT2D eigenvalue weighted by molar-refractivity contribution is -0.152. The summed E-state index contributed by atoms with van der Waals surface area (Å²) in [6, 6.07) is 0.412. The van der Waals surface area contributed by atoms with Gasteiger partial charge in [-0.2, -0.15) is 0 Å². The van der Waals surface area contributed by atoms with Gasteiger partial charge in [0, 0.05) is 12.6 Å². The van der Waals surface area contributed by atoms with Gasteiger partial charge < -0.3 is 14.7 Å². The van der Waals surface area contributed by atoms with E-state index in [0.717, 1.165) is 43.9 Å². The summed E-state index contributed by atoms with van der Waals surface area (Å²) in [7, 11) is -8.32. The molecule has 236 valence electrons. The number of amides is 1. The number of rotatable bonds is 14. The summed E-state index contributed by atoms with van der Waals surface area (Å²) in [5.74, 6) is -1.82. The predicted octanol–water partition coefficient (Wildman–Crippen LogP) is 1.59. The molecule has 0 radical (unpaired) electrons. The first kappa shape index (κ1) is 34.2. The van der Waals surface area contributed by atoms with Crippen LogP contribution in [0.5, 0.6) is 0 Å². The second-order valence-electron chi connectivity index (χ2n) is 10.7. The lowest BCUT2D eigenvalue weighted by Gasteiger charge is -2.35. The van der Waals surface area contributed by atoms with Crippen LogP contribution in [0.1, 0.15) is 65.2 Å². The smallest absolute Gasteiger partial charge is 0.326 e. The third-order valence-corrected chi connectivity index (χ3v) is 10.6. The molecular weight excluding hydrogens is 612 g/mol. The van der Waals surface area contributed by atoms with Crippen LogP contribution in [0.4, 0.5) is 0 Å². The van der Waals surface area contributed by atoms with Gasteiger partial charge in [0.2, 0.25) is 26.0 Å². The number of nitrogens with one attached hydrogen (secondary N) is 2. The maximum absolute atomic E-state index is 13.5. The highest BCUT2D eigenvalue weighted by Gasteiger charge is 2.48. The highest BCUT2D eigenvalue weighted by atomic mass is 35.5. The monoisotopic (exact) mass is 650 g/mol. The molecule has 1 saturated heterocycles. The van der Waals surface area contributed by atoms with Gasteiger partial charge in [0.25, 0.3) is 0 Å². The number of carbonyl (C=O) groups is 3. The Morgan fingerprint density at radius 2 is 1.86 bits per heavy atom. The topological polar surface area (TPSA) is 202 Å². The molecule has 1 saturated carbocycles. The van der Waals surface area contributed by atoms with E-state index in [1.807, 2.05) is 0 Å². The molecule has 42 heavy (non-hydrogen) atoms. The Labute approximate surface area is 251 Å². The van der Waals surface area contributed by atoms with E-state index in [4.69, 9.17) is 21.5 Å². The first-order valence-corrected chi connectivity index (χ1v) is 17.4. The predicted molar refractivity (Wildman–Crippen MR) is 154 cm³/mol. The molecule has 1 aromatic carbocycles. The zero-order chi connectivity index (χ0) is 31.2.